The summed E-state index contributed by atoms with van der Waals surface area (Å²) < 4.78 is 5.45. The highest BCUT2D eigenvalue weighted by Gasteiger charge is 2.14. The molecule has 7 nitrogen and oxygen atoms in total. The molecule has 9 heteroatoms. The third-order valence-corrected chi connectivity index (χ3v) is 6.04. The molecule has 0 spiro atoms. The number of hydrogen-bond acceptors (Lipinski definition) is 6. The zero-order valence-electron chi connectivity index (χ0n) is 19.8. The van der Waals surface area contributed by atoms with Crippen LogP contribution in [0.25, 0.3) is 11.3 Å². The summed E-state index contributed by atoms with van der Waals surface area (Å²) in [6.07, 6.45) is -0.0100. The lowest BCUT2D eigenvalue weighted by atomic mass is 10.0. The lowest BCUT2D eigenvalue weighted by Crippen LogP contribution is -2.26. The number of carbonyl (C=O) groups is 2. The average molecular weight is 533 g/mol. The largest absolute Gasteiger partial charge is 0.466 e. The van der Waals surface area contributed by atoms with Gasteiger partial charge in [-0.25, -0.2) is 5.43 Å². The van der Waals surface area contributed by atoms with Gasteiger partial charge in [0, 0.05) is 27.2 Å². The van der Waals surface area contributed by atoms with Crippen LogP contribution in [0.3, 0.4) is 0 Å². The summed E-state index contributed by atoms with van der Waals surface area (Å²) >= 11 is 12.0. The Hall–Kier alpha value is -4.07. The summed E-state index contributed by atoms with van der Waals surface area (Å²) in [5.41, 5.74) is 6.54. The van der Waals surface area contributed by atoms with Crippen molar-refractivity contribution in [3.8, 4) is 17.1 Å². The molecule has 4 rings (SSSR count). The van der Waals surface area contributed by atoms with Gasteiger partial charge in [-0.1, -0.05) is 59.6 Å². The number of hydrazone groups is 1. The van der Waals surface area contributed by atoms with Crippen molar-refractivity contribution < 1.29 is 14.3 Å². The molecule has 3 aromatic carbocycles. The fourth-order valence-electron chi connectivity index (χ4n) is 3.38. The van der Waals surface area contributed by atoms with E-state index in [1.807, 2.05) is 49.4 Å². The Morgan fingerprint density at radius 1 is 0.892 bits per heavy atom. The van der Waals surface area contributed by atoms with Crippen molar-refractivity contribution in [2.45, 2.75) is 13.3 Å². The molecule has 0 aliphatic rings. The second kappa shape index (κ2) is 12.3. The van der Waals surface area contributed by atoms with Gasteiger partial charge in [-0.05, 0) is 60.5 Å². The topological polar surface area (TPSA) is 93.5 Å². The maximum absolute atomic E-state index is 12.8. The quantitative estimate of drug-likeness (QED) is 0.164. The molecule has 4 aromatic rings. The molecular formula is C28H22Cl2N4O3. The van der Waals surface area contributed by atoms with Crippen molar-refractivity contribution in [3.63, 3.8) is 0 Å². The number of rotatable bonds is 9. The normalized spacial score (nSPS) is 11.2. The number of aromatic nitrogens is 2. The molecule has 1 amide bonds. The number of carbonyl (C=O) groups excluding carboxylic acids is 2. The van der Waals surface area contributed by atoms with Gasteiger partial charge in [-0.3, -0.25) is 9.59 Å². The molecule has 1 aromatic heterocycles. The van der Waals surface area contributed by atoms with Gasteiger partial charge in [0.25, 0.3) is 5.91 Å². The van der Waals surface area contributed by atoms with E-state index in [0.29, 0.717) is 32.6 Å². The van der Waals surface area contributed by atoms with Crippen molar-refractivity contribution in [2.24, 2.45) is 5.10 Å². The van der Waals surface area contributed by atoms with E-state index in [1.54, 1.807) is 42.5 Å². The number of nitrogens with one attached hydrogen (secondary N) is 1. The second-order valence-corrected chi connectivity index (χ2v) is 8.92. The molecule has 1 N–H and O–H groups in total. The van der Waals surface area contributed by atoms with Crippen LogP contribution in [0.5, 0.6) is 5.88 Å². The summed E-state index contributed by atoms with van der Waals surface area (Å²) in [7, 11) is 0. The van der Waals surface area contributed by atoms with Crippen LogP contribution in [-0.2, 0) is 4.79 Å². The van der Waals surface area contributed by atoms with Gasteiger partial charge >= 0.3 is 0 Å². The number of aryl methyl sites for hydroxylation is 1. The minimum atomic E-state index is -0.508. The molecule has 186 valence electrons. The summed E-state index contributed by atoms with van der Waals surface area (Å²) in [6.45, 7) is 1.58. The number of hydrogen-bond donors (Lipinski definition) is 1. The number of ether oxygens (including phenoxy) is 1. The van der Waals surface area contributed by atoms with Crippen molar-refractivity contribution in [1.29, 1.82) is 0 Å². The molecule has 0 radical (unpaired) electrons. The Balaban J connectivity index is 1.38. The van der Waals surface area contributed by atoms with Crippen LogP contribution in [0.4, 0.5) is 0 Å². The molecule has 37 heavy (non-hydrogen) atoms. The lowest BCUT2D eigenvalue weighted by molar-refractivity contribution is -0.123. The molecule has 0 aliphatic carbocycles. The van der Waals surface area contributed by atoms with Gasteiger partial charge in [-0.2, -0.15) is 5.10 Å². The molecule has 0 bridgehead atoms. The zero-order valence-corrected chi connectivity index (χ0v) is 21.3. The number of ketones is 1. The Labute approximate surface area is 224 Å². The minimum absolute atomic E-state index is 0.0100. The number of Topliss-reactive ketones (excluding diaryl/α,β-unsaturated/α-hetero) is 1. The van der Waals surface area contributed by atoms with Crippen LogP contribution in [0.15, 0.2) is 90.0 Å². The first-order valence-corrected chi connectivity index (χ1v) is 12.1. The van der Waals surface area contributed by atoms with Gasteiger partial charge in [0.1, 0.15) is 0 Å². The predicted molar refractivity (Wildman–Crippen MR) is 144 cm³/mol. The standard InChI is InChI=1S/C28H22Cl2N4O3/c1-18-15-21(9-12-23(18)30)24-13-14-28(34-31-24)37-17-27(36)33-32-25(19-5-3-2-4-6-19)16-26(35)20-7-10-22(29)11-8-20/h2-15H,16-17H2,1H3,(H,33,36)/b32-25-. The van der Waals surface area contributed by atoms with E-state index in [1.165, 1.54) is 0 Å². The summed E-state index contributed by atoms with van der Waals surface area (Å²) in [6, 6.07) is 24.7. The molecule has 0 saturated heterocycles. The molecule has 0 aliphatic heterocycles. The first-order chi connectivity index (χ1) is 17.9. The molecule has 0 fully saturated rings. The summed E-state index contributed by atoms with van der Waals surface area (Å²) in [4.78, 5) is 25.2. The summed E-state index contributed by atoms with van der Waals surface area (Å²) in [5.74, 6) is -0.475. The van der Waals surface area contributed by atoms with E-state index in [0.717, 1.165) is 11.1 Å². The van der Waals surface area contributed by atoms with Crippen molar-refractivity contribution in [2.75, 3.05) is 6.61 Å². The minimum Gasteiger partial charge on any atom is -0.466 e. The van der Waals surface area contributed by atoms with E-state index in [4.69, 9.17) is 27.9 Å². The SMILES string of the molecule is Cc1cc(-c2ccc(OCC(=O)N/N=C(/CC(=O)c3ccc(Cl)cc3)c3ccccc3)nn2)ccc1Cl. The number of amides is 1. The van der Waals surface area contributed by atoms with Crippen LogP contribution in [0, 0.1) is 6.92 Å². The average Bonchev–Trinajstić information content (AvgIpc) is 2.92. The zero-order chi connectivity index (χ0) is 26.2. The monoisotopic (exact) mass is 532 g/mol. The highest BCUT2D eigenvalue weighted by atomic mass is 35.5. The smallest absolute Gasteiger partial charge is 0.278 e. The fraction of sp³-hybridized carbons (Fsp3) is 0.107. The maximum atomic E-state index is 12.8. The third-order valence-electron chi connectivity index (χ3n) is 5.36. The summed E-state index contributed by atoms with van der Waals surface area (Å²) in [5, 5.41) is 13.6. The first-order valence-electron chi connectivity index (χ1n) is 11.3. The lowest BCUT2D eigenvalue weighted by Gasteiger charge is -2.09. The number of benzene rings is 3. The maximum Gasteiger partial charge on any atom is 0.278 e. The Morgan fingerprint density at radius 2 is 1.65 bits per heavy atom. The molecular weight excluding hydrogens is 511 g/mol. The second-order valence-electron chi connectivity index (χ2n) is 8.08. The van der Waals surface area contributed by atoms with E-state index in [-0.39, 0.29) is 24.7 Å². The van der Waals surface area contributed by atoms with Crippen LogP contribution in [-0.4, -0.2) is 34.2 Å². The van der Waals surface area contributed by atoms with Crippen molar-refractivity contribution in [3.05, 3.63) is 112 Å². The fourth-order valence-corrected chi connectivity index (χ4v) is 3.63. The van der Waals surface area contributed by atoms with E-state index < -0.39 is 5.91 Å². The van der Waals surface area contributed by atoms with Crippen LogP contribution < -0.4 is 10.2 Å². The highest BCUT2D eigenvalue weighted by Crippen LogP contribution is 2.23. The Kier molecular flexibility index (Phi) is 8.61. The van der Waals surface area contributed by atoms with E-state index in [9.17, 15) is 9.59 Å². The van der Waals surface area contributed by atoms with Gasteiger partial charge in [0.2, 0.25) is 5.88 Å². The van der Waals surface area contributed by atoms with Gasteiger partial charge in [0.15, 0.2) is 12.4 Å². The molecule has 1 heterocycles. The van der Waals surface area contributed by atoms with E-state index in [2.05, 4.69) is 20.7 Å². The predicted octanol–water partition coefficient (Wildman–Crippen LogP) is 5.93. The highest BCUT2D eigenvalue weighted by molar-refractivity contribution is 6.31. The Bertz CT molecular complexity index is 1420. The molecule has 0 saturated carbocycles. The molecule has 0 unspecified atom stereocenters. The van der Waals surface area contributed by atoms with E-state index >= 15 is 0 Å². The first kappa shape index (κ1) is 26.0. The van der Waals surface area contributed by atoms with Crippen LogP contribution >= 0.6 is 23.2 Å². The van der Waals surface area contributed by atoms with Crippen molar-refractivity contribution in [1.82, 2.24) is 15.6 Å². The van der Waals surface area contributed by atoms with Gasteiger partial charge < -0.3 is 4.74 Å². The van der Waals surface area contributed by atoms with Gasteiger partial charge in [0.05, 0.1) is 17.8 Å². The van der Waals surface area contributed by atoms with Gasteiger partial charge in [-0.15, -0.1) is 10.2 Å². The Morgan fingerprint density at radius 3 is 2.32 bits per heavy atom. The molecule has 0 atom stereocenters. The van der Waals surface area contributed by atoms with Crippen molar-refractivity contribution >= 4 is 40.6 Å². The van der Waals surface area contributed by atoms with Crippen LogP contribution in [0.2, 0.25) is 10.0 Å². The number of nitrogens with zero attached hydrogens (tertiary/aromatic N) is 3. The third kappa shape index (κ3) is 7.22. The number of halogens is 2. The van der Waals surface area contributed by atoms with Crippen LogP contribution in [0.1, 0.15) is 27.9 Å².